The lowest BCUT2D eigenvalue weighted by molar-refractivity contribution is -0.137. The lowest BCUT2D eigenvalue weighted by atomic mass is 10.0. The number of rotatable bonds is 2. The summed E-state index contributed by atoms with van der Waals surface area (Å²) in [6, 6.07) is 8.73. The van der Waals surface area contributed by atoms with Crippen LogP contribution in [0.25, 0.3) is 11.1 Å². The Morgan fingerprint density at radius 3 is 2.37 bits per heavy atom. The summed E-state index contributed by atoms with van der Waals surface area (Å²) in [5.74, 6) is -0.403. The maximum Gasteiger partial charge on any atom is 0.416 e. The summed E-state index contributed by atoms with van der Waals surface area (Å²) in [5.41, 5.74) is 0.139. The zero-order valence-electron chi connectivity index (χ0n) is 9.64. The van der Waals surface area contributed by atoms with Gasteiger partial charge in [-0.3, -0.25) is 0 Å². The van der Waals surface area contributed by atoms with Gasteiger partial charge in [0.25, 0.3) is 0 Å². The third-order valence-electron chi connectivity index (χ3n) is 2.69. The van der Waals surface area contributed by atoms with E-state index in [4.69, 9.17) is 11.6 Å². The second-order valence-electron chi connectivity index (χ2n) is 4.03. The fourth-order valence-corrected chi connectivity index (χ4v) is 1.91. The van der Waals surface area contributed by atoms with Crippen LogP contribution in [0.4, 0.5) is 17.6 Å². The average Bonchev–Trinajstić information content (AvgIpc) is 2.38. The fraction of sp³-hybridized carbons (Fsp3) is 0.143. The van der Waals surface area contributed by atoms with Gasteiger partial charge < -0.3 is 0 Å². The first-order valence-corrected chi connectivity index (χ1v) is 5.97. The Morgan fingerprint density at radius 1 is 1.00 bits per heavy atom. The van der Waals surface area contributed by atoms with Gasteiger partial charge in [0.2, 0.25) is 0 Å². The minimum atomic E-state index is -4.45. The lowest BCUT2D eigenvalue weighted by Crippen LogP contribution is -2.04. The molecule has 19 heavy (non-hydrogen) atoms. The molecule has 5 heteroatoms. The van der Waals surface area contributed by atoms with Gasteiger partial charge in [-0.2, -0.15) is 13.2 Å². The standard InChI is InChI=1S/C14H9ClF4/c15-8-9-4-5-13(16)12(6-9)10-2-1-3-11(7-10)14(17,18)19/h1-7H,8H2. The summed E-state index contributed by atoms with van der Waals surface area (Å²) in [4.78, 5) is 0. The van der Waals surface area contributed by atoms with Gasteiger partial charge in [-0.1, -0.05) is 18.2 Å². The molecule has 0 aliphatic carbocycles. The van der Waals surface area contributed by atoms with Crippen molar-refractivity contribution >= 4 is 11.6 Å². The van der Waals surface area contributed by atoms with Crippen molar-refractivity contribution in [1.29, 1.82) is 0 Å². The highest BCUT2D eigenvalue weighted by molar-refractivity contribution is 6.17. The Balaban J connectivity index is 2.53. The second kappa shape index (κ2) is 5.21. The zero-order valence-corrected chi connectivity index (χ0v) is 10.4. The van der Waals surface area contributed by atoms with E-state index in [2.05, 4.69) is 0 Å². The molecule has 0 aromatic heterocycles. The molecule has 0 unspecified atom stereocenters. The molecule has 0 spiro atoms. The molecule has 0 atom stereocenters. The van der Waals surface area contributed by atoms with Crippen molar-refractivity contribution in [1.82, 2.24) is 0 Å². The van der Waals surface area contributed by atoms with Crippen LogP contribution in [0.3, 0.4) is 0 Å². The highest BCUT2D eigenvalue weighted by atomic mass is 35.5. The highest BCUT2D eigenvalue weighted by Crippen LogP contribution is 2.33. The molecular formula is C14H9ClF4. The molecule has 0 fully saturated rings. The van der Waals surface area contributed by atoms with Crippen molar-refractivity contribution < 1.29 is 17.6 Å². The SMILES string of the molecule is Fc1ccc(CCl)cc1-c1cccc(C(F)(F)F)c1. The fourth-order valence-electron chi connectivity index (χ4n) is 1.74. The van der Waals surface area contributed by atoms with Crippen molar-refractivity contribution in [3.05, 3.63) is 59.4 Å². The van der Waals surface area contributed by atoms with E-state index in [9.17, 15) is 17.6 Å². The van der Waals surface area contributed by atoms with Crippen LogP contribution < -0.4 is 0 Å². The Bertz CT molecular complexity index is 590. The molecule has 0 saturated heterocycles. The Morgan fingerprint density at radius 2 is 1.74 bits per heavy atom. The van der Waals surface area contributed by atoms with Gasteiger partial charge in [-0.25, -0.2) is 4.39 Å². The third-order valence-corrected chi connectivity index (χ3v) is 2.99. The highest BCUT2D eigenvalue weighted by Gasteiger charge is 2.30. The van der Waals surface area contributed by atoms with Crippen molar-refractivity contribution in [3.63, 3.8) is 0 Å². The number of alkyl halides is 4. The van der Waals surface area contributed by atoms with Gasteiger partial charge in [0.05, 0.1) is 5.56 Å². The molecule has 0 N–H and O–H groups in total. The summed E-state index contributed by atoms with van der Waals surface area (Å²) >= 11 is 5.64. The first kappa shape index (κ1) is 13.9. The number of benzene rings is 2. The quantitative estimate of drug-likeness (QED) is 0.523. The van der Waals surface area contributed by atoms with Crippen LogP contribution in [0.2, 0.25) is 0 Å². The van der Waals surface area contributed by atoms with Crippen molar-refractivity contribution in [2.24, 2.45) is 0 Å². The normalized spacial score (nSPS) is 11.6. The molecule has 0 bridgehead atoms. The molecule has 2 aromatic carbocycles. The summed E-state index contributed by atoms with van der Waals surface area (Å²) in [6.45, 7) is 0. The molecule has 0 radical (unpaired) electrons. The monoisotopic (exact) mass is 288 g/mol. The molecule has 0 aliphatic rings. The van der Waals surface area contributed by atoms with Crippen LogP contribution in [-0.2, 0) is 12.1 Å². The largest absolute Gasteiger partial charge is 0.416 e. The first-order chi connectivity index (χ1) is 8.91. The zero-order chi connectivity index (χ0) is 14.0. The second-order valence-corrected chi connectivity index (χ2v) is 4.29. The molecule has 0 nitrogen and oxygen atoms in total. The predicted molar refractivity (Wildman–Crippen MR) is 66.4 cm³/mol. The summed E-state index contributed by atoms with van der Waals surface area (Å²) in [7, 11) is 0. The van der Waals surface area contributed by atoms with Crippen molar-refractivity contribution in [2.45, 2.75) is 12.1 Å². The van der Waals surface area contributed by atoms with Gasteiger partial charge in [0, 0.05) is 11.4 Å². The minimum absolute atomic E-state index is 0.115. The molecule has 0 amide bonds. The van der Waals surface area contributed by atoms with E-state index in [1.165, 1.54) is 30.3 Å². The summed E-state index contributed by atoms with van der Waals surface area (Å²) in [6.07, 6.45) is -4.45. The van der Waals surface area contributed by atoms with E-state index < -0.39 is 17.6 Å². The lowest BCUT2D eigenvalue weighted by Gasteiger charge is -2.10. The van der Waals surface area contributed by atoms with Gasteiger partial charge in [-0.05, 0) is 35.4 Å². The van der Waals surface area contributed by atoms with Crippen LogP contribution in [0.15, 0.2) is 42.5 Å². The maximum absolute atomic E-state index is 13.7. The molecule has 2 aromatic rings. The molecule has 2 rings (SSSR count). The van der Waals surface area contributed by atoms with E-state index in [-0.39, 0.29) is 17.0 Å². The van der Waals surface area contributed by atoms with Gasteiger partial charge in [-0.15, -0.1) is 11.6 Å². The molecule has 0 heterocycles. The van der Waals surface area contributed by atoms with E-state index in [1.807, 2.05) is 0 Å². The first-order valence-electron chi connectivity index (χ1n) is 5.44. The van der Waals surface area contributed by atoms with E-state index in [0.717, 1.165) is 12.1 Å². The number of halogens is 5. The molecule has 100 valence electrons. The Labute approximate surface area is 112 Å². The maximum atomic E-state index is 13.7. The van der Waals surface area contributed by atoms with Gasteiger partial charge in [0.15, 0.2) is 0 Å². The van der Waals surface area contributed by atoms with Gasteiger partial charge in [0.1, 0.15) is 5.82 Å². The van der Waals surface area contributed by atoms with Crippen LogP contribution in [-0.4, -0.2) is 0 Å². The summed E-state index contributed by atoms with van der Waals surface area (Å²) in [5, 5.41) is 0. The molecule has 0 aliphatic heterocycles. The van der Waals surface area contributed by atoms with Crippen LogP contribution in [0, 0.1) is 5.82 Å². The smallest absolute Gasteiger partial charge is 0.206 e. The third kappa shape index (κ3) is 3.07. The molecule has 0 saturated carbocycles. The van der Waals surface area contributed by atoms with Gasteiger partial charge >= 0.3 is 6.18 Å². The van der Waals surface area contributed by atoms with E-state index >= 15 is 0 Å². The van der Waals surface area contributed by atoms with Crippen LogP contribution in [0.1, 0.15) is 11.1 Å². The predicted octanol–water partition coefficient (Wildman–Crippen LogP) is 5.25. The van der Waals surface area contributed by atoms with Crippen LogP contribution in [0.5, 0.6) is 0 Å². The van der Waals surface area contributed by atoms with E-state index in [0.29, 0.717) is 5.56 Å². The molecular weight excluding hydrogens is 280 g/mol. The number of hydrogen-bond acceptors (Lipinski definition) is 0. The topological polar surface area (TPSA) is 0 Å². The van der Waals surface area contributed by atoms with Crippen molar-refractivity contribution in [3.8, 4) is 11.1 Å². The summed E-state index contributed by atoms with van der Waals surface area (Å²) < 4.78 is 51.5. The van der Waals surface area contributed by atoms with Crippen LogP contribution >= 0.6 is 11.6 Å². The minimum Gasteiger partial charge on any atom is -0.206 e. The van der Waals surface area contributed by atoms with Crippen molar-refractivity contribution in [2.75, 3.05) is 0 Å². The Kier molecular flexibility index (Phi) is 3.80. The Hall–Kier alpha value is -1.55. The number of hydrogen-bond donors (Lipinski definition) is 0. The average molecular weight is 289 g/mol. The van der Waals surface area contributed by atoms with E-state index in [1.54, 1.807) is 0 Å².